The summed E-state index contributed by atoms with van der Waals surface area (Å²) in [5.74, 6) is 0.983. The Morgan fingerprint density at radius 1 is 1.28 bits per heavy atom. The van der Waals surface area contributed by atoms with Crippen LogP contribution in [0.1, 0.15) is 32.6 Å². The summed E-state index contributed by atoms with van der Waals surface area (Å²) in [6.45, 7) is 3.17. The summed E-state index contributed by atoms with van der Waals surface area (Å²) in [4.78, 5) is 26.4. The van der Waals surface area contributed by atoms with E-state index in [-0.39, 0.29) is 23.8 Å². The van der Waals surface area contributed by atoms with Crippen LogP contribution in [0.15, 0.2) is 22.7 Å². The van der Waals surface area contributed by atoms with Crippen LogP contribution < -0.4 is 10.1 Å². The molecule has 1 saturated carbocycles. The first-order valence-corrected chi connectivity index (χ1v) is 9.82. The van der Waals surface area contributed by atoms with Crippen LogP contribution in [0.5, 0.6) is 5.75 Å². The highest BCUT2D eigenvalue weighted by molar-refractivity contribution is 9.10. The van der Waals surface area contributed by atoms with Crippen molar-refractivity contribution in [3.8, 4) is 5.75 Å². The Hall–Kier alpha value is -1.27. The van der Waals surface area contributed by atoms with Gasteiger partial charge in [0.15, 0.2) is 6.10 Å². The van der Waals surface area contributed by atoms with Gasteiger partial charge in [0.05, 0.1) is 4.47 Å². The van der Waals surface area contributed by atoms with Gasteiger partial charge in [0.1, 0.15) is 5.75 Å². The van der Waals surface area contributed by atoms with E-state index in [4.69, 9.17) is 16.3 Å². The third kappa shape index (κ3) is 4.88. The van der Waals surface area contributed by atoms with Crippen molar-refractivity contribution in [1.29, 1.82) is 0 Å². The molecule has 136 valence electrons. The van der Waals surface area contributed by atoms with Crippen molar-refractivity contribution in [2.45, 2.75) is 44.8 Å². The van der Waals surface area contributed by atoms with E-state index in [2.05, 4.69) is 21.2 Å². The molecule has 0 spiro atoms. The van der Waals surface area contributed by atoms with E-state index in [1.54, 1.807) is 25.1 Å². The molecule has 1 aromatic carbocycles. The number of nitrogens with one attached hydrogen (secondary N) is 1. The Kier molecular flexibility index (Phi) is 5.89. The van der Waals surface area contributed by atoms with Crippen LogP contribution in [0, 0.1) is 5.92 Å². The smallest absolute Gasteiger partial charge is 0.260 e. The lowest BCUT2D eigenvalue weighted by Crippen LogP contribution is -2.49. The highest BCUT2D eigenvalue weighted by atomic mass is 79.9. The average molecular weight is 430 g/mol. The summed E-state index contributed by atoms with van der Waals surface area (Å²) in [6, 6.07) is 5.28. The molecule has 1 heterocycles. The fraction of sp³-hybridized carbons (Fsp3) is 0.556. The molecular weight excluding hydrogens is 408 g/mol. The highest BCUT2D eigenvalue weighted by Crippen LogP contribution is 2.32. The van der Waals surface area contributed by atoms with E-state index in [1.165, 1.54) is 0 Å². The number of rotatable bonds is 5. The molecule has 25 heavy (non-hydrogen) atoms. The molecule has 2 amide bonds. The number of amides is 2. The Morgan fingerprint density at radius 2 is 1.96 bits per heavy atom. The van der Waals surface area contributed by atoms with Gasteiger partial charge in [-0.05, 0) is 66.7 Å². The summed E-state index contributed by atoms with van der Waals surface area (Å²) in [6.07, 6.45) is 3.04. The first-order valence-electron chi connectivity index (χ1n) is 8.65. The Bertz CT molecular complexity index is 658. The van der Waals surface area contributed by atoms with E-state index >= 15 is 0 Å². The molecule has 3 rings (SSSR count). The van der Waals surface area contributed by atoms with Crippen LogP contribution in [0.4, 0.5) is 0 Å². The molecule has 1 aromatic rings. The fourth-order valence-electron chi connectivity index (χ4n) is 2.97. The molecule has 1 aliphatic heterocycles. The third-order valence-electron chi connectivity index (χ3n) is 4.65. The average Bonchev–Trinajstić information content (AvgIpc) is 3.42. The highest BCUT2D eigenvalue weighted by Gasteiger charge is 2.35. The molecule has 1 N–H and O–H groups in total. The second-order valence-corrected chi connectivity index (χ2v) is 8.01. The van der Waals surface area contributed by atoms with E-state index < -0.39 is 6.10 Å². The third-order valence-corrected chi connectivity index (χ3v) is 5.50. The molecular formula is C18H22BrClN2O3. The summed E-state index contributed by atoms with van der Waals surface area (Å²) in [7, 11) is 0. The number of hydrogen-bond donors (Lipinski definition) is 1. The number of halogens is 2. The SMILES string of the molecule is CC(Oc1ccc(Cl)cc1Br)C(=O)NC1CCN(C(=O)C2CC2)CC1. The van der Waals surface area contributed by atoms with E-state index in [9.17, 15) is 9.59 Å². The van der Waals surface area contributed by atoms with Gasteiger partial charge in [-0.1, -0.05) is 11.6 Å². The zero-order chi connectivity index (χ0) is 18.0. The number of ether oxygens (including phenoxy) is 1. The maximum atomic E-state index is 12.4. The van der Waals surface area contributed by atoms with Gasteiger partial charge < -0.3 is 15.0 Å². The van der Waals surface area contributed by atoms with Gasteiger partial charge in [0.25, 0.3) is 5.91 Å². The minimum Gasteiger partial charge on any atom is -0.480 e. The monoisotopic (exact) mass is 428 g/mol. The van der Waals surface area contributed by atoms with Crippen molar-refractivity contribution in [1.82, 2.24) is 10.2 Å². The Balaban J connectivity index is 1.46. The molecule has 0 aromatic heterocycles. The van der Waals surface area contributed by atoms with E-state index in [1.807, 2.05) is 4.90 Å². The predicted octanol–water partition coefficient (Wildman–Crippen LogP) is 3.39. The largest absolute Gasteiger partial charge is 0.480 e. The Morgan fingerprint density at radius 3 is 2.56 bits per heavy atom. The molecule has 0 bridgehead atoms. The minimum absolute atomic E-state index is 0.0930. The molecule has 5 nitrogen and oxygen atoms in total. The summed E-state index contributed by atoms with van der Waals surface area (Å²) in [5, 5.41) is 3.63. The molecule has 1 aliphatic carbocycles. The van der Waals surface area contributed by atoms with Crippen molar-refractivity contribution >= 4 is 39.3 Å². The van der Waals surface area contributed by atoms with Gasteiger partial charge in [-0.25, -0.2) is 0 Å². The molecule has 1 unspecified atom stereocenters. The minimum atomic E-state index is -0.608. The van der Waals surface area contributed by atoms with Gasteiger partial charge in [0.2, 0.25) is 5.91 Å². The summed E-state index contributed by atoms with van der Waals surface area (Å²) in [5.41, 5.74) is 0. The van der Waals surface area contributed by atoms with E-state index in [0.29, 0.717) is 15.2 Å². The first-order chi connectivity index (χ1) is 11.9. The van der Waals surface area contributed by atoms with E-state index in [0.717, 1.165) is 38.8 Å². The molecule has 1 saturated heterocycles. The normalized spacial score (nSPS) is 19.4. The summed E-state index contributed by atoms with van der Waals surface area (Å²) >= 11 is 9.29. The first kappa shape index (κ1) is 18.5. The number of piperidine rings is 1. The standard InChI is InChI=1S/C18H22BrClN2O3/c1-11(25-16-5-4-13(20)10-15(16)19)17(23)21-14-6-8-22(9-7-14)18(24)12-2-3-12/h4-5,10-12,14H,2-3,6-9H2,1H3,(H,21,23). The second kappa shape index (κ2) is 7.96. The molecule has 7 heteroatoms. The lowest BCUT2D eigenvalue weighted by atomic mass is 10.0. The number of hydrogen-bond acceptors (Lipinski definition) is 3. The number of nitrogens with zero attached hydrogens (tertiary/aromatic N) is 1. The maximum Gasteiger partial charge on any atom is 0.260 e. The number of benzene rings is 1. The van der Waals surface area contributed by atoms with Crippen LogP contribution in [0.2, 0.25) is 5.02 Å². The zero-order valence-electron chi connectivity index (χ0n) is 14.1. The maximum absolute atomic E-state index is 12.4. The second-order valence-electron chi connectivity index (χ2n) is 6.72. The lowest BCUT2D eigenvalue weighted by Gasteiger charge is -2.33. The van der Waals surface area contributed by atoms with Crippen molar-refractivity contribution in [2.24, 2.45) is 5.92 Å². The van der Waals surface area contributed by atoms with Gasteiger partial charge in [-0.3, -0.25) is 9.59 Å². The van der Waals surface area contributed by atoms with Gasteiger partial charge in [0, 0.05) is 30.1 Å². The molecule has 2 fully saturated rings. The zero-order valence-corrected chi connectivity index (χ0v) is 16.5. The van der Waals surface area contributed by atoms with Gasteiger partial charge in [-0.2, -0.15) is 0 Å². The van der Waals surface area contributed by atoms with Crippen LogP contribution in [-0.2, 0) is 9.59 Å². The van der Waals surface area contributed by atoms with Crippen LogP contribution in [0.25, 0.3) is 0 Å². The van der Waals surface area contributed by atoms with Crippen LogP contribution in [-0.4, -0.2) is 41.9 Å². The molecule has 2 aliphatic rings. The van der Waals surface area contributed by atoms with Crippen molar-refractivity contribution in [3.05, 3.63) is 27.7 Å². The lowest BCUT2D eigenvalue weighted by molar-refractivity contribution is -0.134. The van der Waals surface area contributed by atoms with Crippen LogP contribution >= 0.6 is 27.5 Å². The summed E-state index contributed by atoms with van der Waals surface area (Å²) < 4.78 is 6.43. The van der Waals surface area contributed by atoms with Crippen LogP contribution in [0.3, 0.4) is 0 Å². The topological polar surface area (TPSA) is 58.6 Å². The van der Waals surface area contributed by atoms with Crippen molar-refractivity contribution in [3.63, 3.8) is 0 Å². The van der Waals surface area contributed by atoms with Gasteiger partial charge >= 0.3 is 0 Å². The number of carbonyl (C=O) groups is 2. The molecule has 0 radical (unpaired) electrons. The Labute approximate surface area is 161 Å². The van der Waals surface area contributed by atoms with Crippen molar-refractivity contribution in [2.75, 3.05) is 13.1 Å². The molecule has 1 atom stereocenters. The quantitative estimate of drug-likeness (QED) is 0.780. The predicted molar refractivity (Wildman–Crippen MR) is 99.7 cm³/mol. The number of likely N-dealkylation sites (tertiary alicyclic amines) is 1. The van der Waals surface area contributed by atoms with Crippen molar-refractivity contribution < 1.29 is 14.3 Å². The van der Waals surface area contributed by atoms with Gasteiger partial charge in [-0.15, -0.1) is 0 Å². The number of carbonyl (C=O) groups excluding carboxylic acids is 2. The fourth-order valence-corrected chi connectivity index (χ4v) is 3.74.